The fourth-order valence-corrected chi connectivity index (χ4v) is 2.73. The first-order valence-corrected chi connectivity index (χ1v) is 10.2. The van der Waals surface area contributed by atoms with Crippen LogP contribution in [0.3, 0.4) is 0 Å². The summed E-state index contributed by atoms with van der Waals surface area (Å²) in [7, 11) is 0. The van der Waals surface area contributed by atoms with E-state index in [0.29, 0.717) is 5.78 Å². The van der Waals surface area contributed by atoms with Crippen molar-refractivity contribution >= 4 is 5.78 Å². The molecule has 0 saturated carbocycles. The van der Waals surface area contributed by atoms with Crippen molar-refractivity contribution in [3.05, 3.63) is 12.2 Å². The summed E-state index contributed by atoms with van der Waals surface area (Å²) < 4.78 is 0. The monoisotopic (exact) mass is 322 g/mol. The van der Waals surface area contributed by atoms with Crippen LogP contribution in [0.25, 0.3) is 0 Å². The summed E-state index contributed by atoms with van der Waals surface area (Å²) in [6.45, 7) is 8.33. The minimum absolute atomic E-state index is 0.152. The molecule has 0 radical (unpaired) electrons. The van der Waals surface area contributed by atoms with E-state index in [1.54, 1.807) is 0 Å². The number of allylic oxidation sites excluding steroid dienone is 2. The van der Waals surface area contributed by atoms with E-state index in [9.17, 15) is 4.79 Å². The molecule has 0 aromatic heterocycles. The third-order valence-corrected chi connectivity index (χ3v) is 4.50. The molecule has 0 spiro atoms. The second-order valence-corrected chi connectivity index (χ2v) is 8.01. The Morgan fingerprint density at radius 1 is 0.696 bits per heavy atom. The molecule has 0 aliphatic rings. The molecule has 0 aliphatic heterocycles. The lowest BCUT2D eigenvalue weighted by atomic mass is 9.88. The van der Waals surface area contributed by atoms with E-state index in [1.165, 1.54) is 77.0 Å². The van der Waals surface area contributed by atoms with Gasteiger partial charge in [-0.05, 0) is 32.1 Å². The van der Waals surface area contributed by atoms with E-state index in [2.05, 4.69) is 19.1 Å². The number of carbonyl (C=O) groups is 1. The number of rotatable bonds is 15. The highest BCUT2D eigenvalue weighted by Crippen LogP contribution is 2.19. The van der Waals surface area contributed by atoms with Gasteiger partial charge in [0, 0.05) is 11.8 Å². The zero-order chi connectivity index (χ0) is 17.4. The fourth-order valence-electron chi connectivity index (χ4n) is 2.73. The molecule has 0 rings (SSSR count). The maximum atomic E-state index is 11.8. The van der Waals surface area contributed by atoms with Crippen LogP contribution in [0.2, 0.25) is 0 Å². The molecule has 0 aliphatic carbocycles. The van der Waals surface area contributed by atoms with Gasteiger partial charge < -0.3 is 0 Å². The van der Waals surface area contributed by atoms with Crippen LogP contribution < -0.4 is 0 Å². The minimum Gasteiger partial charge on any atom is -0.299 e. The van der Waals surface area contributed by atoms with Gasteiger partial charge in [-0.1, -0.05) is 91.2 Å². The lowest BCUT2D eigenvalue weighted by Crippen LogP contribution is -2.19. The first kappa shape index (κ1) is 22.4. The predicted molar refractivity (Wildman–Crippen MR) is 104 cm³/mol. The van der Waals surface area contributed by atoms with Gasteiger partial charge in [0.15, 0.2) is 0 Å². The van der Waals surface area contributed by atoms with Crippen molar-refractivity contribution in [2.45, 2.75) is 118 Å². The van der Waals surface area contributed by atoms with Gasteiger partial charge in [-0.3, -0.25) is 4.79 Å². The minimum atomic E-state index is -0.152. The van der Waals surface area contributed by atoms with Gasteiger partial charge in [-0.15, -0.1) is 0 Å². The first-order valence-electron chi connectivity index (χ1n) is 10.2. The van der Waals surface area contributed by atoms with Crippen LogP contribution in [-0.2, 0) is 4.79 Å². The Morgan fingerprint density at radius 2 is 1.13 bits per heavy atom. The quantitative estimate of drug-likeness (QED) is 0.223. The summed E-state index contributed by atoms with van der Waals surface area (Å²) in [4.78, 5) is 11.8. The standard InChI is InChI=1S/C22H42O/c1-5-6-7-8-9-10-11-12-13-14-15-16-17-18-19-20-21(23)22(2,3)4/h12-13H,5-11,14-20H2,1-4H3/b13-12+. The molecule has 0 aromatic carbocycles. The second-order valence-electron chi connectivity index (χ2n) is 8.01. The van der Waals surface area contributed by atoms with Gasteiger partial charge in [0.05, 0.1) is 0 Å². The van der Waals surface area contributed by atoms with Crippen molar-refractivity contribution in [2.24, 2.45) is 5.41 Å². The maximum absolute atomic E-state index is 11.8. The van der Waals surface area contributed by atoms with Crippen LogP contribution in [0.1, 0.15) is 118 Å². The van der Waals surface area contributed by atoms with E-state index >= 15 is 0 Å². The summed E-state index contributed by atoms with van der Waals surface area (Å²) >= 11 is 0. The zero-order valence-corrected chi connectivity index (χ0v) is 16.5. The molecular weight excluding hydrogens is 280 g/mol. The van der Waals surface area contributed by atoms with Gasteiger partial charge in [0.25, 0.3) is 0 Å². The number of ketones is 1. The Kier molecular flexibility index (Phi) is 14.6. The largest absolute Gasteiger partial charge is 0.299 e. The SMILES string of the molecule is CCCCCCCC/C=C/CCCCCCCC(=O)C(C)(C)C. The van der Waals surface area contributed by atoms with Crippen LogP contribution in [0.4, 0.5) is 0 Å². The van der Waals surface area contributed by atoms with Crippen molar-refractivity contribution in [2.75, 3.05) is 0 Å². The molecule has 136 valence electrons. The molecular formula is C22H42O. The Hall–Kier alpha value is -0.590. The summed E-state index contributed by atoms with van der Waals surface area (Å²) in [5.41, 5.74) is -0.152. The second kappa shape index (κ2) is 15.0. The Balaban J connectivity index is 3.24. The van der Waals surface area contributed by atoms with Crippen LogP contribution in [-0.4, -0.2) is 5.78 Å². The average molecular weight is 323 g/mol. The summed E-state index contributed by atoms with van der Waals surface area (Å²) in [5, 5.41) is 0. The molecule has 0 fully saturated rings. The Bertz CT molecular complexity index is 296. The van der Waals surface area contributed by atoms with Crippen LogP contribution in [0.5, 0.6) is 0 Å². The smallest absolute Gasteiger partial charge is 0.138 e. The molecule has 0 aromatic rings. The first-order chi connectivity index (χ1) is 11.0. The highest BCUT2D eigenvalue weighted by molar-refractivity contribution is 5.83. The number of Topliss-reactive ketones (excluding diaryl/α,β-unsaturated/α-hetero) is 1. The molecule has 0 heterocycles. The number of unbranched alkanes of at least 4 members (excludes halogenated alkanes) is 11. The van der Waals surface area contributed by atoms with Gasteiger partial charge in [-0.25, -0.2) is 0 Å². The highest BCUT2D eigenvalue weighted by Gasteiger charge is 2.19. The van der Waals surface area contributed by atoms with Crippen molar-refractivity contribution in [3.8, 4) is 0 Å². The van der Waals surface area contributed by atoms with Gasteiger partial charge in [0.2, 0.25) is 0 Å². The Labute approximate surface area is 146 Å². The van der Waals surface area contributed by atoms with Crippen molar-refractivity contribution in [1.29, 1.82) is 0 Å². The lowest BCUT2D eigenvalue weighted by Gasteiger charge is -2.16. The van der Waals surface area contributed by atoms with E-state index in [-0.39, 0.29) is 5.41 Å². The van der Waals surface area contributed by atoms with E-state index in [0.717, 1.165) is 12.8 Å². The normalized spacial score (nSPS) is 12.2. The molecule has 0 unspecified atom stereocenters. The number of hydrogen-bond acceptors (Lipinski definition) is 1. The van der Waals surface area contributed by atoms with Gasteiger partial charge in [-0.2, -0.15) is 0 Å². The van der Waals surface area contributed by atoms with Gasteiger partial charge in [0.1, 0.15) is 5.78 Å². The van der Waals surface area contributed by atoms with Crippen molar-refractivity contribution in [3.63, 3.8) is 0 Å². The molecule has 1 nitrogen and oxygen atoms in total. The fraction of sp³-hybridized carbons (Fsp3) is 0.864. The van der Waals surface area contributed by atoms with Gasteiger partial charge >= 0.3 is 0 Å². The number of carbonyl (C=O) groups excluding carboxylic acids is 1. The van der Waals surface area contributed by atoms with E-state index in [1.807, 2.05) is 20.8 Å². The van der Waals surface area contributed by atoms with E-state index < -0.39 is 0 Å². The Morgan fingerprint density at radius 3 is 1.61 bits per heavy atom. The maximum Gasteiger partial charge on any atom is 0.138 e. The number of hydrogen-bond donors (Lipinski definition) is 0. The average Bonchev–Trinajstić information content (AvgIpc) is 2.50. The molecule has 1 heteroatoms. The molecule has 0 saturated heterocycles. The third-order valence-electron chi connectivity index (χ3n) is 4.50. The van der Waals surface area contributed by atoms with Crippen LogP contribution in [0.15, 0.2) is 12.2 Å². The van der Waals surface area contributed by atoms with Crippen molar-refractivity contribution < 1.29 is 4.79 Å². The topological polar surface area (TPSA) is 17.1 Å². The zero-order valence-electron chi connectivity index (χ0n) is 16.5. The van der Waals surface area contributed by atoms with Crippen molar-refractivity contribution in [1.82, 2.24) is 0 Å². The molecule has 0 N–H and O–H groups in total. The van der Waals surface area contributed by atoms with Crippen LogP contribution in [0, 0.1) is 5.41 Å². The highest BCUT2D eigenvalue weighted by atomic mass is 16.1. The predicted octanol–water partition coefficient (Wildman–Crippen LogP) is 7.64. The molecule has 0 bridgehead atoms. The summed E-state index contributed by atoms with van der Waals surface area (Å²) in [6, 6.07) is 0. The molecule has 0 amide bonds. The third kappa shape index (κ3) is 16.1. The lowest BCUT2D eigenvalue weighted by molar-refractivity contribution is -0.126. The van der Waals surface area contributed by atoms with E-state index in [4.69, 9.17) is 0 Å². The molecule has 0 atom stereocenters. The van der Waals surface area contributed by atoms with Crippen LogP contribution >= 0.6 is 0 Å². The summed E-state index contributed by atoms with van der Waals surface area (Å²) in [5.74, 6) is 0.412. The molecule has 23 heavy (non-hydrogen) atoms. The summed E-state index contributed by atoms with van der Waals surface area (Å²) in [6.07, 6.45) is 22.5.